The molecule has 0 radical (unpaired) electrons. The predicted octanol–water partition coefficient (Wildman–Crippen LogP) is -2.04. The van der Waals surface area contributed by atoms with Gasteiger partial charge in [-0.3, -0.25) is 4.79 Å². The maximum Gasteiger partial charge on any atom is 0.315 e. The van der Waals surface area contributed by atoms with Crippen molar-refractivity contribution in [1.29, 1.82) is 0 Å². The van der Waals surface area contributed by atoms with Gasteiger partial charge in [0.1, 0.15) is 97.7 Å². The summed E-state index contributed by atoms with van der Waals surface area (Å²) >= 11 is 0. The summed E-state index contributed by atoms with van der Waals surface area (Å²) in [4.78, 5) is 14.7. The van der Waals surface area contributed by atoms with E-state index in [1.54, 1.807) is 0 Å². The molecule has 5 aliphatic carbocycles. The minimum atomic E-state index is -1.97. The molecule has 0 amide bonds. The molecule has 0 bridgehead atoms. The molecule has 28 unspecified atom stereocenters. The van der Waals surface area contributed by atoms with Gasteiger partial charge in [0, 0.05) is 0 Å². The lowest BCUT2D eigenvalue weighted by molar-refractivity contribution is -0.385. The SMILES string of the molecule is CC1(C)CCC2(C(=O)OC3OC(CO)C(O)C(O)C3O)CCC3(C)C(=CCC4C5(C)CCC(OC6OC(CO)C(O)C(OC7OC(CO)C(O)C(OC8OC(CO)C(O)C(O)C8O)C7O)C6O)C(C)(C)C5CCC43C)C2C1. The molecule has 9 aliphatic rings. The monoisotopic (exact) mass is 1100 g/mol. The molecular formula is C54H88O23. The van der Waals surface area contributed by atoms with Crippen LogP contribution >= 0.6 is 0 Å². The Kier molecular flexibility index (Phi) is 17.0. The molecule has 4 aliphatic heterocycles. The highest BCUT2D eigenvalue weighted by molar-refractivity contribution is 5.79. The molecular weight excluding hydrogens is 1020 g/mol. The molecule has 0 aromatic heterocycles. The summed E-state index contributed by atoms with van der Waals surface area (Å²) < 4.78 is 47.5. The largest absolute Gasteiger partial charge is 0.432 e. The standard InChI is InChI=1S/C54H88O23/c1-49(2)14-16-54(48(69)77-45-39(66)37(64)33(60)26(20-56)71-45)17-15-52(6)23(24(54)18-49)8-9-30-51(5)12-11-31(50(3,4)29(51)10-13-53(30,52)7)74-46-40(67)42(34(61)27(21-57)72-46)76-47-41(68)43(35(62)28(22-58)73-47)75-44-38(65)36(63)32(59)25(19-55)70-44/h8,24-47,55-68H,9-22H2,1-7H3. The number of hydrogen-bond donors (Lipinski definition) is 14. The molecule has 23 heteroatoms. The highest BCUT2D eigenvalue weighted by atomic mass is 16.8. The van der Waals surface area contributed by atoms with E-state index in [2.05, 4.69) is 54.5 Å². The topological polar surface area (TPSA) is 374 Å². The predicted molar refractivity (Wildman–Crippen MR) is 263 cm³/mol. The van der Waals surface area contributed by atoms with E-state index in [0.717, 1.165) is 38.5 Å². The van der Waals surface area contributed by atoms with E-state index < -0.39 is 172 Å². The smallest absolute Gasteiger partial charge is 0.315 e. The Labute approximate surface area is 449 Å². The minimum absolute atomic E-state index is 0.0901. The quantitative estimate of drug-likeness (QED) is 0.0569. The van der Waals surface area contributed by atoms with Crippen molar-refractivity contribution in [3.63, 3.8) is 0 Å². The van der Waals surface area contributed by atoms with Gasteiger partial charge in [0.25, 0.3) is 0 Å². The second kappa shape index (κ2) is 21.8. The van der Waals surface area contributed by atoms with E-state index in [1.165, 1.54) is 5.57 Å². The van der Waals surface area contributed by atoms with E-state index in [-0.39, 0.29) is 39.4 Å². The van der Waals surface area contributed by atoms with Gasteiger partial charge in [-0.05, 0) is 109 Å². The molecule has 4 heterocycles. The van der Waals surface area contributed by atoms with E-state index in [9.17, 15) is 76.3 Å². The first-order valence-electron chi connectivity index (χ1n) is 27.8. The second-order valence-electron chi connectivity index (χ2n) is 26.3. The molecule has 23 nitrogen and oxygen atoms in total. The molecule has 4 saturated carbocycles. The number of esters is 1. The Bertz CT molecular complexity index is 2110. The summed E-state index contributed by atoms with van der Waals surface area (Å²) in [6, 6.07) is 0. The van der Waals surface area contributed by atoms with Gasteiger partial charge >= 0.3 is 5.97 Å². The lowest BCUT2D eigenvalue weighted by Crippen LogP contribution is -2.67. The van der Waals surface area contributed by atoms with Crippen molar-refractivity contribution in [2.24, 2.45) is 50.2 Å². The van der Waals surface area contributed by atoms with Crippen LogP contribution in [-0.2, 0) is 42.7 Å². The van der Waals surface area contributed by atoms with Crippen molar-refractivity contribution in [2.45, 2.75) is 242 Å². The van der Waals surface area contributed by atoms with Crippen molar-refractivity contribution < 1.29 is 114 Å². The molecule has 4 saturated heterocycles. The summed E-state index contributed by atoms with van der Waals surface area (Å²) in [7, 11) is 0. The zero-order chi connectivity index (χ0) is 56.3. The van der Waals surface area contributed by atoms with Gasteiger partial charge in [-0.15, -0.1) is 0 Å². The van der Waals surface area contributed by atoms with Gasteiger partial charge in [-0.25, -0.2) is 0 Å². The zero-order valence-electron chi connectivity index (χ0n) is 45.3. The van der Waals surface area contributed by atoms with E-state index in [4.69, 9.17) is 37.9 Å². The van der Waals surface area contributed by atoms with Crippen LogP contribution in [0.1, 0.15) is 113 Å². The summed E-state index contributed by atoms with van der Waals surface area (Å²) in [6.07, 6.45) is -24.4. The van der Waals surface area contributed by atoms with Crippen LogP contribution in [0.3, 0.4) is 0 Å². The number of carbonyl (C=O) groups is 1. The Morgan fingerprint density at radius 3 is 1.52 bits per heavy atom. The van der Waals surface area contributed by atoms with Crippen LogP contribution in [-0.4, -0.2) is 233 Å². The van der Waals surface area contributed by atoms with Crippen LogP contribution in [0.25, 0.3) is 0 Å². The highest BCUT2D eigenvalue weighted by Gasteiger charge is 2.70. The van der Waals surface area contributed by atoms with Crippen LogP contribution in [0.4, 0.5) is 0 Å². The van der Waals surface area contributed by atoms with E-state index in [1.807, 2.05) is 0 Å². The van der Waals surface area contributed by atoms with Crippen LogP contribution < -0.4 is 0 Å². The van der Waals surface area contributed by atoms with Crippen molar-refractivity contribution in [1.82, 2.24) is 0 Å². The average molecular weight is 1110 g/mol. The third-order valence-corrected chi connectivity index (χ3v) is 21.4. The molecule has 9 rings (SSSR count). The molecule has 0 spiro atoms. The Balaban J connectivity index is 0.918. The fourth-order valence-electron chi connectivity index (χ4n) is 16.5. The third kappa shape index (κ3) is 9.80. The van der Waals surface area contributed by atoms with Gasteiger partial charge in [-0.1, -0.05) is 60.1 Å². The van der Waals surface area contributed by atoms with E-state index in [0.29, 0.717) is 25.7 Å². The molecule has 77 heavy (non-hydrogen) atoms. The maximum absolute atomic E-state index is 14.7. The highest BCUT2D eigenvalue weighted by Crippen LogP contribution is 2.76. The number of ether oxygens (including phenoxy) is 8. The molecule has 8 fully saturated rings. The van der Waals surface area contributed by atoms with Crippen molar-refractivity contribution in [3.05, 3.63) is 11.6 Å². The molecule has 0 aromatic rings. The normalized spacial score (nSPS) is 53.4. The lowest BCUT2D eigenvalue weighted by atomic mass is 9.33. The number of fused-ring (bicyclic) bond motifs is 7. The number of aliphatic hydroxyl groups excluding tert-OH is 14. The van der Waals surface area contributed by atoms with Crippen LogP contribution in [0.15, 0.2) is 11.6 Å². The second-order valence-corrected chi connectivity index (χ2v) is 26.3. The fraction of sp³-hybridized carbons (Fsp3) is 0.944. The number of carbonyl (C=O) groups excluding carboxylic acids is 1. The molecule has 28 atom stereocenters. The number of aliphatic hydroxyl groups is 14. The zero-order valence-corrected chi connectivity index (χ0v) is 45.3. The summed E-state index contributed by atoms with van der Waals surface area (Å²) in [5, 5.41) is 149. The van der Waals surface area contributed by atoms with E-state index >= 15 is 0 Å². The van der Waals surface area contributed by atoms with Crippen molar-refractivity contribution in [2.75, 3.05) is 26.4 Å². The number of rotatable bonds is 12. The summed E-state index contributed by atoms with van der Waals surface area (Å²) in [5.74, 6) is -0.367. The number of hydrogen-bond acceptors (Lipinski definition) is 23. The van der Waals surface area contributed by atoms with Gasteiger partial charge in [0.05, 0.1) is 37.9 Å². The number of allylic oxidation sites excluding steroid dienone is 2. The maximum atomic E-state index is 14.7. The van der Waals surface area contributed by atoms with Gasteiger partial charge in [-0.2, -0.15) is 0 Å². The Morgan fingerprint density at radius 2 is 0.987 bits per heavy atom. The first-order valence-corrected chi connectivity index (χ1v) is 27.8. The fourth-order valence-corrected chi connectivity index (χ4v) is 16.5. The van der Waals surface area contributed by atoms with Crippen molar-refractivity contribution in [3.8, 4) is 0 Å². The molecule has 0 aromatic carbocycles. The van der Waals surface area contributed by atoms with Crippen molar-refractivity contribution >= 4 is 5.97 Å². The minimum Gasteiger partial charge on any atom is -0.432 e. The van der Waals surface area contributed by atoms with Gasteiger partial charge < -0.3 is 109 Å². The van der Waals surface area contributed by atoms with Gasteiger partial charge in [0.15, 0.2) is 18.9 Å². The third-order valence-electron chi connectivity index (χ3n) is 21.4. The Hall–Kier alpha value is -1.63. The first-order chi connectivity index (χ1) is 36.1. The Morgan fingerprint density at radius 1 is 0.519 bits per heavy atom. The average Bonchev–Trinajstić information content (AvgIpc) is 3.29. The first kappa shape index (κ1) is 60.0. The summed E-state index contributed by atoms with van der Waals surface area (Å²) in [5.41, 5.74) is -1.01. The summed E-state index contributed by atoms with van der Waals surface area (Å²) in [6.45, 7) is 12.9. The lowest BCUT2D eigenvalue weighted by Gasteiger charge is -2.71. The van der Waals surface area contributed by atoms with Gasteiger partial charge in [0.2, 0.25) is 6.29 Å². The van der Waals surface area contributed by atoms with Crippen LogP contribution in [0.2, 0.25) is 0 Å². The molecule has 442 valence electrons. The van der Waals surface area contributed by atoms with Crippen LogP contribution in [0.5, 0.6) is 0 Å². The van der Waals surface area contributed by atoms with Crippen LogP contribution in [0, 0.1) is 50.2 Å². The molecule has 14 N–H and O–H groups in total.